The van der Waals surface area contributed by atoms with Crippen molar-refractivity contribution in [3.05, 3.63) is 28.9 Å². The Hall–Kier alpha value is -2.00. The Morgan fingerprint density at radius 2 is 2.07 bits per heavy atom. The van der Waals surface area contributed by atoms with Crippen LogP contribution in [-0.2, 0) is 5.54 Å². The highest BCUT2D eigenvalue weighted by molar-refractivity contribution is 6.31. The summed E-state index contributed by atoms with van der Waals surface area (Å²) in [5.41, 5.74) is 0.876. The molecule has 152 valence electrons. The first-order valence-electron chi connectivity index (χ1n) is 9.06. The lowest BCUT2D eigenvalue weighted by Gasteiger charge is -2.42. The normalized spacial score (nSPS) is 25.5. The number of aliphatic hydroxyl groups is 1. The molecule has 28 heavy (non-hydrogen) atoms. The van der Waals surface area contributed by atoms with Gasteiger partial charge in [-0.2, -0.15) is 18.3 Å². The molecule has 10 heteroatoms. The van der Waals surface area contributed by atoms with Crippen LogP contribution in [0.25, 0.3) is 10.9 Å². The molecule has 0 radical (unpaired) electrons. The number of halogens is 4. The maximum atomic E-state index is 12.3. The van der Waals surface area contributed by atoms with E-state index in [9.17, 15) is 23.1 Å². The van der Waals surface area contributed by atoms with Crippen LogP contribution in [-0.4, -0.2) is 51.6 Å². The molecule has 2 aliphatic heterocycles. The summed E-state index contributed by atoms with van der Waals surface area (Å²) in [7, 11) is 0. The molecule has 0 spiro atoms. The molecule has 1 aromatic heterocycles. The number of nitrogens with one attached hydrogen (secondary N) is 1. The minimum Gasteiger partial charge on any atom is -0.386 e. The number of aliphatic hydroxyl groups excluding tert-OH is 1. The van der Waals surface area contributed by atoms with Crippen molar-refractivity contribution in [1.29, 1.82) is 0 Å². The van der Waals surface area contributed by atoms with Gasteiger partial charge >= 0.3 is 12.2 Å². The number of alkyl halides is 3. The van der Waals surface area contributed by atoms with Crippen LogP contribution in [0.5, 0.6) is 0 Å². The first kappa shape index (κ1) is 19.3. The minimum atomic E-state index is -4.44. The summed E-state index contributed by atoms with van der Waals surface area (Å²) in [5.74, 6) is 0.00319. The van der Waals surface area contributed by atoms with Crippen molar-refractivity contribution in [3.63, 3.8) is 0 Å². The molecule has 1 saturated heterocycles. The molecule has 1 fully saturated rings. The number of likely N-dealkylation sites (tertiary alicyclic amines) is 1. The SMILES string of the molecule is CC1(C2CCN(C(=O)NCC(F)(F)F)CC2)[C@H](O)c2cc(Cl)cc3cnn1c23. The largest absolute Gasteiger partial charge is 0.405 e. The van der Waals surface area contributed by atoms with Gasteiger partial charge in [-0.15, -0.1) is 0 Å². The molecular formula is C18H20ClF3N4O2. The summed E-state index contributed by atoms with van der Waals surface area (Å²) in [6.45, 7) is 1.22. The van der Waals surface area contributed by atoms with E-state index in [1.165, 1.54) is 4.90 Å². The molecule has 2 atom stereocenters. The molecule has 0 bridgehead atoms. The molecule has 2 amide bonds. The van der Waals surface area contributed by atoms with Crippen LogP contribution in [0.4, 0.5) is 18.0 Å². The van der Waals surface area contributed by atoms with Crippen LogP contribution in [0.1, 0.15) is 31.4 Å². The third kappa shape index (κ3) is 3.00. The Labute approximate surface area is 164 Å². The van der Waals surface area contributed by atoms with Crippen molar-refractivity contribution in [3.8, 4) is 0 Å². The molecule has 0 saturated carbocycles. The van der Waals surface area contributed by atoms with Gasteiger partial charge < -0.3 is 15.3 Å². The minimum absolute atomic E-state index is 0.00319. The van der Waals surface area contributed by atoms with E-state index in [-0.39, 0.29) is 5.92 Å². The number of benzene rings is 1. The van der Waals surface area contributed by atoms with E-state index in [4.69, 9.17) is 11.6 Å². The highest BCUT2D eigenvalue weighted by atomic mass is 35.5. The van der Waals surface area contributed by atoms with E-state index in [0.29, 0.717) is 31.0 Å². The fourth-order valence-corrected chi connectivity index (χ4v) is 4.75. The van der Waals surface area contributed by atoms with E-state index in [2.05, 4.69) is 5.10 Å². The Morgan fingerprint density at radius 3 is 2.71 bits per heavy atom. The number of urea groups is 1. The van der Waals surface area contributed by atoms with Crippen LogP contribution in [0, 0.1) is 5.92 Å². The molecule has 1 unspecified atom stereocenters. The summed E-state index contributed by atoms with van der Waals surface area (Å²) in [4.78, 5) is 13.4. The van der Waals surface area contributed by atoms with Gasteiger partial charge in [0, 0.05) is 29.1 Å². The molecule has 6 nitrogen and oxygen atoms in total. The van der Waals surface area contributed by atoms with Crippen molar-refractivity contribution < 1.29 is 23.1 Å². The zero-order valence-corrected chi connectivity index (χ0v) is 15.9. The average molecular weight is 417 g/mol. The first-order valence-corrected chi connectivity index (χ1v) is 9.44. The standard InChI is InChI=1S/C18H20ClF3N4O2/c1-17(11-2-4-25(5-3-11)16(28)23-9-18(20,21)22)15(27)13-7-12(19)6-10-8-24-26(17)14(10)13/h6-8,11,15,27H,2-5,9H2,1H3,(H,23,28)/t15-,17?/m1/s1. The maximum Gasteiger partial charge on any atom is 0.405 e. The van der Waals surface area contributed by atoms with E-state index in [1.54, 1.807) is 18.3 Å². The van der Waals surface area contributed by atoms with Gasteiger partial charge in [0.05, 0.1) is 17.3 Å². The van der Waals surface area contributed by atoms with Gasteiger partial charge in [0.1, 0.15) is 12.6 Å². The number of carbonyl (C=O) groups is 1. The molecule has 2 aromatic rings. The van der Waals surface area contributed by atoms with Crippen LogP contribution >= 0.6 is 11.6 Å². The van der Waals surface area contributed by atoms with Crippen LogP contribution in [0.2, 0.25) is 5.02 Å². The van der Waals surface area contributed by atoms with Crippen LogP contribution in [0.15, 0.2) is 18.3 Å². The van der Waals surface area contributed by atoms with Gasteiger partial charge in [-0.3, -0.25) is 4.68 Å². The van der Waals surface area contributed by atoms with E-state index in [1.807, 2.05) is 16.9 Å². The number of piperidine rings is 1. The molecular weight excluding hydrogens is 397 g/mol. The molecule has 0 aliphatic carbocycles. The number of hydrogen-bond acceptors (Lipinski definition) is 3. The molecule has 1 aromatic carbocycles. The second-order valence-electron chi connectivity index (χ2n) is 7.65. The monoisotopic (exact) mass is 416 g/mol. The fraction of sp³-hybridized carbons (Fsp3) is 0.556. The third-order valence-electron chi connectivity index (χ3n) is 6.01. The van der Waals surface area contributed by atoms with Crippen LogP contribution < -0.4 is 5.32 Å². The molecule has 3 heterocycles. The summed E-state index contributed by atoms with van der Waals surface area (Å²) < 4.78 is 38.7. The lowest BCUT2D eigenvalue weighted by molar-refractivity contribution is -0.123. The zero-order chi connectivity index (χ0) is 20.3. The zero-order valence-electron chi connectivity index (χ0n) is 15.1. The van der Waals surface area contributed by atoms with Crippen molar-refractivity contribution in [2.75, 3.05) is 19.6 Å². The Kier molecular flexibility index (Phi) is 4.50. The third-order valence-corrected chi connectivity index (χ3v) is 6.23. The number of nitrogens with zero attached hydrogens (tertiary/aromatic N) is 3. The second-order valence-corrected chi connectivity index (χ2v) is 8.09. The van der Waals surface area contributed by atoms with Crippen molar-refractivity contribution in [1.82, 2.24) is 20.0 Å². The topological polar surface area (TPSA) is 70.4 Å². The summed E-state index contributed by atoms with van der Waals surface area (Å²) in [5, 5.41) is 18.8. The average Bonchev–Trinajstić information content (AvgIpc) is 3.16. The smallest absolute Gasteiger partial charge is 0.386 e. The van der Waals surface area contributed by atoms with Gasteiger partial charge in [0.25, 0.3) is 0 Å². The quantitative estimate of drug-likeness (QED) is 0.788. The van der Waals surface area contributed by atoms with Gasteiger partial charge in [-0.25, -0.2) is 4.79 Å². The highest BCUT2D eigenvalue weighted by Crippen LogP contribution is 2.51. The van der Waals surface area contributed by atoms with Crippen LogP contribution in [0.3, 0.4) is 0 Å². The predicted molar refractivity (Wildman–Crippen MR) is 97.1 cm³/mol. The lowest BCUT2D eigenvalue weighted by atomic mass is 9.75. The summed E-state index contributed by atoms with van der Waals surface area (Å²) >= 11 is 6.16. The molecule has 4 rings (SSSR count). The van der Waals surface area contributed by atoms with E-state index in [0.717, 1.165) is 16.5 Å². The van der Waals surface area contributed by atoms with Gasteiger partial charge in [0.15, 0.2) is 0 Å². The lowest BCUT2D eigenvalue weighted by Crippen LogP contribution is -2.51. The summed E-state index contributed by atoms with van der Waals surface area (Å²) in [6, 6.07) is 2.83. The number of amides is 2. The van der Waals surface area contributed by atoms with Crippen molar-refractivity contribution >= 4 is 28.5 Å². The predicted octanol–water partition coefficient (Wildman–Crippen LogP) is 3.44. The van der Waals surface area contributed by atoms with Gasteiger partial charge in [-0.1, -0.05) is 11.6 Å². The van der Waals surface area contributed by atoms with E-state index < -0.39 is 30.4 Å². The molecule has 2 N–H and O–H groups in total. The maximum absolute atomic E-state index is 12.3. The van der Waals surface area contributed by atoms with Crippen molar-refractivity contribution in [2.45, 2.75) is 37.6 Å². The van der Waals surface area contributed by atoms with Gasteiger partial charge in [-0.05, 0) is 37.8 Å². The summed E-state index contributed by atoms with van der Waals surface area (Å²) in [6.07, 6.45) is -2.41. The second kappa shape index (κ2) is 6.52. The van der Waals surface area contributed by atoms with Crippen molar-refractivity contribution in [2.24, 2.45) is 5.92 Å². The Morgan fingerprint density at radius 1 is 1.39 bits per heavy atom. The molecule has 2 aliphatic rings. The Balaban J connectivity index is 1.50. The highest BCUT2D eigenvalue weighted by Gasteiger charge is 2.50. The van der Waals surface area contributed by atoms with Gasteiger partial charge in [0.2, 0.25) is 0 Å². The number of carbonyl (C=O) groups excluding carboxylic acids is 1. The number of aromatic nitrogens is 2. The number of hydrogen-bond donors (Lipinski definition) is 2. The first-order chi connectivity index (χ1) is 13.1. The fourth-order valence-electron chi connectivity index (χ4n) is 4.52. The number of rotatable bonds is 2. The van der Waals surface area contributed by atoms with E-state index >= 15 is 0 Å². The Bertz CT molecular complexity index is 923.